The highest BCUT2D eigenvalue weighted by molar-refractivity contribution is 6.00. The summed E-state index contributed by atoms with van der Waals surface area (Å²) in [6, 6.07) is 1.17. The molecule has 1 fully saturated rings. The Morgan fingerprint density at radius 3 is 2.54 bits per heavy atom. The SMILES string of the molecule is C[C@H]1CN(C)c2c(N3CCN(C)CC3)c(F)cc3c(=O)c(OC(=O)O)cn1c23. The third kappa shape index (κ3) is 2.86. The minimum atomic E-state index is -1.57. The number of rotatable bonds is 2. The Morgan fingerprint density at radius 2 is 1.89 bits per heavy atom. The van der Waals surface area contributed by atoms with Crippen LogP contribution in [-0.2, 0) is 0 Å². The number of benzene rings is 1. The molecule has 2 aliphatic rings. The summed E-state index contributed by atoms with van der Waals surface area (Å²) >= 11 is 0. The number of hydrogen-bond acceptors (Lipinski definition) is 6. The van der Waals surface area contributed by atoms with Crippen LogP contribution in [-0.4, -0.2) is 67.5 Å². The Labute approximate surface area is 161 Å². The molecule has 150 valence electrons. The molecule has 0 bridgehead atoms. The number of carbonyl (C=O) groups is 1. The highest BCUT2D eigenvalue weighted by Gasteiger charge is 2.31. The van der Waals surface area contributed by atoms with Gasteiger partial charge in [0.05, 0.1) is 28.5 Å². The predicted octanol–water partition coefficient (Wildman–Crippen LogP) is 1.96. The third-order valence-corrected chi connectivity index (χ3v) is 5.60. The summed E-state index contributed by atoms with van der Waals surface area (Å²) in [4.78, 5) is 29.9. The van der Waals surface area contributed by atoms with Crippen LogP contribution in [0.4, 0.5) is 20.6 Å². The summed E-state index contributed by atoms with van der Waals surface area (Å²) in [5.41, 5.74) is 1.15. The quantitative estimate of drug-likeness (QED) is 0.786. The molecule has 1 aromatic carbocycles. The van der Waals surface area contributed by atoms with Crippen LogP contribution in [0.25, 0.3) is 10.9 Å². The van der Waals surface area contributed by atoms with E-state index in [2.05, 4.69) is 9.64 Å². The molecule has 0 aliphatic carbocycles. The van der Waals surface area contributed by atoms with Crippen molar-refractivity contribution in [3.8, 4) is 5.75 Å². The van der Waals surface area contributed by atoms with E-state index in [-0.39, 0.29) is 17.2 Å². The second-order valence-corrected chi connectivity index (χ2v) is 7.57. The van der Waals surface area contributed by atoms with E-state index in [4.69, 9.17) is 5.11 Å². The average molecular weight is 390 g/mol. The van der Waals surface area contributed by atoms with Crippen LogP contribution in [0.5, 0.6) is 5.75 Å². The fourth-order valence-corrected chi connectivity index (χ4v) is 4.22. The van der Waals surface area contributed by atoms with E-state index in [1.807, 2.05) is 35.4 Å². The van der Waals surface area contributed by atoms with Crippen molar-refractivity contribution >= 4 is 28.4 Å². The number of anilines is 2. The van der Waals surface area contributed by atoms with Crippen molar-refractivity contribution in [3.05, 3.63) is 28.3 Å². The first-order valence-corrected chi connectivity index (χ1v) is 9.24. The highest BCUT2D eigenvalue weighted by Crippen LogP contribution is 2.42. The van der Waals surface area contributed by atoms with Crippen molar-refractivity contribution in [2.45, 2.75) is 13.0 Å². The van der Waals surface area contributed by atoms with Gasteiger partial charge < -0.3 is 29.1 Å². The Kier molecular flexibility index (Phi) is 4.41. The molecule has 0 amide bonds. The molecule has 3 heterocycles. The minimum absolute atomic E-state index is 0.0393. The number of halogens is 1. The topological polar surface area (TPSA) is 78.2 Å². The monoisotopic (exact) mass is 390 g/mol. The lowest BCUT2D eigenvalue weighted by atomic mass is 10.0. The predicted molar refractivity (Wildman–Crippen MR) is 105 cm³/mol. The van der Waals surface area contributed by atoms with Crippen LogP contribution < -0.4 is 20.0 Å². The van der Waals surface area contributed by atoms with Crippen LogP contribution in [0.15, 0.2) is 17.1 Å². The van der Waals surface area contributed by atoms with Gasteiger partial charge in [0.25, 0.3) is 0 Å². The van der Waals surface area contributed by atoms with Gasteiger partial charge in [-0.2, -0.15) is 0 Å². The molecule has 0 saturated carbocycles. The molecule has 2 aromatic rings. The van der Waals surface area contributed by atoms with E-state index in [1.165, 1.54) is 12.3 Å². The normalized spacial score (nSPS) is 19.9. The van der Waals surface area contributed by atoms with E-state index in [9.17, 15) is 9.59 Å². The summed E-state index contributed by atoms with van der Waals surface area (Å²) in [7, 11) is 3.92. The number of pyridine rings is 1. The molecule has 2 aliphatic heterocycles. The minimum Gasteiger partial charge on any atom is -0.449 e. The summed E-state index contributed by atoms with van der Waals surface area (Å²) in [6.07, 6.45) is -0.148. The van der Waals surface area contributed by atoms with Gasteiger partial charge in [-0.15, -0.1) is 0 Å². The zero-order valence-corrected chi connectivity index (χ0v) is 16.1. The average Bonchev–Trinajstić information content (AvgIpc) is 2.63. The Bertz CT molecular complexity index is 1010. The zero-order valence-electron chi connectivity index (χ0n) is 16.1. The number of carboxylic acid groups (broad SMARTS) is 1. The lowest BCUT2D eigenvalue weighted by molar-refractivity contribution is 0.143. The second-order valence-electron chi connectivity index (χ2n) is 7.57. The molecular weight excluding hydrogens is 367 g/mol. The van der Waals surface area contributed by atoms with E-state index >= 15 is 4.39 Å². The summed E-state index contributed by atoms with van der Waals surface area (Å²) in [5.74, 6) is -0.793. The molecular formula is C19H23FN4O4. The second kappa shape index (κ2) is 6.66. The summed E-state index contributed by atoms with van der Waals surface area (Å²) in [5, 5.41) is 9.06. The van der Waals surface area contributed by atoms with Crippen molar-refractivity contribution in [2.24, 2.45) is 0 Å². The molecule has 8 nitrogen and oxygen atoms in total. The fourth-order valence-electron chi connectivity index (χ4n) is 4.22. The summed E-state index contributed by atoms with van der Waals surface area (Å²) in [6.45, 7) is 5.61. The van der Waals surface area contributed by atoms with Crippen molar-refractivity contribution < 1.29 is 19.0 Å². The molecule has 28 heavy (non-hydrogen) atoms. The van der Waals surface area contributed by atoms with E-state index in [0.29, 0.717) is 36.5 Å². The Hall–Kier alpha value is -2.81. The van der Waals surface area contributed by atoms with Gasteiger partial charge in [-0.25, -0.2) is 9.18 Å². The van der Waals surface area contributed by atoms with Crippen molar-refractivity contribution in [1.29, 1.82) is 0 Å². The van der Waals surface area contributed by atoms with Gasteiger partial charge in [0.15, 0.2) is 5.75 Å². The molecule has 1 aromatic heterocycles. The molecule has 1 saturated heterocycles. The van der Waals surface area contributed by atoms with Crippen LogP contribution in [0, 0.1) is 5.82 Å². The molecule has 0 unspecified atom stereocenters. The lowest BCUT2D eigenvalue weighted by Crippen LogP contribution is -2.46. The maximum Gasteiger partial charge on any atom is 0.511 e. The molecule has 1 atom stereocenters. The standard InChI is InChI=1S/C19H23FN4O4/c1-11-9-22(3)17-15-12(18(25)14(10-24(11)15)28-19(26)27)8-13(20)16(17)23-6-4-21(2)5-7-23/h8,10-11H,4-7,9H2,1-3H3,(H,26,27)/t11-/m0/s1. The highest BCUT2D eigenvalue weighted by atomic mass is 19.1. The Morgan fingerprint density at radius 1 is 1.21 bits per heavy atom. The fraction of sp³-hybridized carbons (Fsp3) is 0.474. The van der Waals surface area contributed by atoms with Gasteiger partial charge >= 0.3 is 6.16 Å². The van der Waals surface area contributed by atoms with Crippen molar-refractivity contribution in [2.75, 3.05) is 56.6 Å². The van der Waals surface area contributed by atoms with E-state index in [1.54, 1.807) is 0 Å². The van der Waals surface area contributed by atoms with Gasteiger partial charge in [-0.3, -0.25) is 4.79 Å². The zero-order chi connectivity index (χ0) is 20.2. The van der Waals surface area contributed by atoms with Crippen molar-refractivity contribution in [1.82, 2.24) is 9.47 Å². The smallest absolute Gasteiger partial charge is 0.449 e. The first kappa shape index (κ1) is 18.5. The maximum absolute atomic E-state index is 15.3. The largest absolute Gasteiger partial charge is 0.511 e. The number of ether oxygens (including phenoxy) is 1. The third-order valence-electron chi connectivity index (χ3n) is 5.60. The van der Waals surface area contributed by atoms with Crippen molar-refractivity contribution in [3.63, 3.8) is 0 Å². The van der Waals surface area contributed by atoms with Gasteiger partial charge in [-0.1, -0.05) is 0 Å². The molecule has 0 radical (unpaired) electrons. The van der Waals surface area contributed by atoms with Crippen LogP contribution in [0.3, 0.4) is 0 Å². The van der Waals surface area contributed by atoms with E-state index < -0.39 is 17.4 Å². The van der Waals surface area contributed by atoms with E-state index in [0.717, 1.165) is 13.1 Å². The van der Waals surface area contributed by atoms with Crippen LogP contribution >= 0.6 is 0 Å². The molecule has 4 rings (SSSR count). The lowest BCUT2D eigenvalue weighted by Gasteiger charge is -2.40. The summed E-state index contributed by atoms with van der Waals surface area (Å²) < 4.78 is 21.7. The van der Waals surface area contributed by atoms with Gasteiger partial charge in [0, 0.05) is 45.8 Å². The molecule has 0 spiro atoms. The molecule has 1 N–H and O–H groups in total. The first-order valence-electron chi connectivity index (χ1n) is 9.24. The number of likely N-dealkylation sites (N-methyl/N-ethyl adjacent to an activating group) is 2. The van der Waals surface area contributed by atoms with Gasteiger partial charge in [-0.05, 0) is 20.0 Å². The Balaban J connectivity index is 2.00. The van der Waals surface area contributed by atoms with Gasteiger partial charge in [0.1, 0.15) is 5.82 Å². The number of piperazine rings is 1. The van der Waals surface area contributed by atoms with Crippen LogP contribution in [0.2, 0.25) is 0 Å². The number of hydrogen-bond donors (Lipinski definition) is 1. The maximum atomic E-state index is 15.3. The first-order chi connectivity index (χ1) is 13.3. The number of nitrogens with zero attached hydrogens (tertiary/aromatic N) is 4. The van der Waals surface area contributed by atoms with Crippen LogP contribution in [0.1, 0.15) is 13.0 Å². The number of aromatic nitrogens is 1. The molecule has 9 heteroatoms. The van der Waals surface area contributed by atoms with Gasteiger partial charge in [0.2, 0.25) is 5.43 Å².